The van der Waals surface area contributed by atoms with Crippen molar-refractivity contribution in [3.8, 4) is 0 Å². The molecule has 3 heteroatoms. The summed E-state index contributed by atoms with van der Waals surface area (Å²) in [4.78, 5) is 21.3. The largest absolute Gasteiger partial charge is 0.296 e. The first-order chi connectivity index (χ1) is 4.13. The second-order valence-electron chi connectivity index (χ2n) is 2.43. The fraction of sp³-hybridized carbons (Fsp3) is 0.667. The molecule has 1 fully saturated rings. The summed E-state index contributed by atoms with van der Waals surface area (Å²) in [7, 11) is 0. The molecule has 2 amide bonds. The summed E-state index contributed by atoms with van der Waals surface area (Å²) in [6.45, 7) is 3.51. The van der Waals surface area contributed by atoms with Gasteiger partial charge in [0.1, 0.15) is 0 Å². The Labute approximate surface area is 53.4 Å². The van der Waals surface area contributed by atoms with Gasteiger partial charge in [0, 0.05) is 11.8 Å². The van der Waals surface area contributed by atoms with Crippen LogP contribution >= 0.6 is 0 Å². The lowest BCUT2D eigenvalue weighted by atomic mass is 10.00. The van der Waals surface area contributed by atoms with Crippen LogP contribution in [-0.4, -0.2) is 11.8 Å². The van der Waals surface area contributed by atoms with Crippen molar-refractivity contribution in [2.45, 2.75) is 13.8 Å². The molecule has 1 aliphatic rings. The molecule has 1 N–H and O–H groups in total. The molecule has 0 unspecified atom stereocenters. The van der Waals surface area contributed by atoms with E-state index in [0.29, 0.717) is 0 Å². The number of carbonyl (C=O) groups excluding carboxylic acids is 2. The Morgan fingerprint density at radius 3 is 1.56 bits per heavy atom. The monoisotopic (exact) mass is 127 g/mol. The predicted octanol–water partition coefficient (Wildman–Crippen LogP) is -0.0850. The number of amides is 2. The van der Waals surface area contributed by atoms with Gasteiger partial charge in [-0.15, -0.1) is 0 Å². The quantitative estimate of drug-likeness (QED) is 0.462. The van der Waals surface area contributed by atoms with Gasteiger partial charge in [-0.25, -0.2) is 0 Å². The van der Waals surface area contributed by atoms with Gasteiger partial charge in [0.05, 0.1) is 0 Å². The lowest BCUT2D eigenvalue weighted by Crippen LogP contribution is -2.21. The highest BCUT2D eigenvalue weighted by atomic mass is 16.2. The third-order valence-corrected chi connectivity index (χ3v) is 1.82. The van der Waals surface area contributed by atoms with Crippen molar-refractivity contribution in [1.29, 1.82) is 0 Å². The topological polar surface area (TPSA) is 46.2 Å². The predicted molar refractivity (Wildman–Crippen MR) is 31.5 cm³/mol. The van der Waals surface area contributed by atoms with Crippen LogP contribution < -0.4 is 5.32 Å². The van der Waals surface area contributed by atoms with Gasteiger partial charge in [0.15, 0.2) is 0 Å². The van der Waals surface area contributed by atoms with E-state index in [0.717, 1.165) is 0 Å². The minimum Gasteiger partial charge on any atom is -0.296 e. The average molecular weight is 127 g/mol. The third kappa shape index (κ3) is 0.823. The molecule has 0 saturated carbocycles. The molecule has 0 aliphatic carbocycles. The van der Waals surface area contributed by atoms with Gasteiger partial charge in [-0.1, -0.05) is 13.8 Å². The van der Waals surface area contributed by atoms with Gasteiger partial charge in [0.25, 0.3) is 0 Å². The molecule has 0 spiro atoms. The Bertz CT molecular complexity index is 146. The maximum absolute atomic E-state index is 10.7. The zero-order valence-electron chi connectivity index (χ0n) is 5.47. The van der Waals surface area contributed by atoms with Crippen LogP contribution in [-0.2, 0) is 9.59 Å². The highest BCUT2D eigenvalue weighted by molar-refractivity contribution is 6.04. The lowest BCUT2D eigenvalue weighted by molar-refractivity contribution is -0.126. The van der Waals surface area contributed by atoms with Gasteiger partial charge < -0.3 is 0 Å². The van der Waals surface area contributed by atoms with E-state index in [2.05, 4.69) is 5.32 Å². The van der Waals surface area contributed by atoms with Gasteiger partial charge in [-0.2, -0.15) is 0 Å². The van der Waals surface area contributed by atoms with E-state index in [9.17, 15) is 9.59 Å². The lowest BCUT2D eigenvalue weighted by Gasteiger charge is -1.99. The van der Waals surface area contributed by atoms with Crippen molar-refractivity contribution in [1.82, 2.24) is 5.32 Å². The first kappa shape index (κ1) is 6.26. The maximum atomic E-state index is 10.7. The van der Waals surface area contributed by atoms with Crippen molar-refractivity contribution >= 4 is 11.8 Å². The molecule has 2 atom stereocenters. The van der Waals surface area contributed by atoms with E-state index >= 15 is 0 Å². The molecule has 0 aromatic carbocycles. The maximum Gasteiger partial charge on any atom is 0.230 e. The molecule has 0 aromatic rings. The van der Waals surface area contributed by atoms with Crippen LogP contribution in [0.2, 0.25) is 0 Å². The number of nitrogens with one attached hydrogen (secondary N) is 1. The first-order valence-electron chi connectivity index (χ1n) is 2.97. The fourth-order valence-electron chi connectivity index (χ4n) is 0.803. The minimum absolute atomic E-state index is 0.141. The molecule has 50 valence electrons. The molecule has 1 saturated heterocycles. The Hall–Kier alpha value is -0.860. The summed E-state index contributed by atoms with van der Waals surface area (Å²) in [5, 5.41) is 2.24. The van der Waals surface area contributed by atoms with Crippen LogP contribution in [0.4, 0.5) is 0 Å². The van der Waals surface area contributed by atoms with Crippen molar-refractivity contribution in [3.63, 3.8) is 0 Å². The number of imide groups is 1. The van der Waals surface area contributed by atoms with E-state index in [1.165, 1.54) is 0 Å². The Morgan fingerprint density at radius 1 is 1.11 bits per heavy atom. The molecule has 0 aromatic heterocycles. The second-order valence-corrected chi connectivity index (χ2v) is 2.43. The van der Waals surface area contributed by atoms with Gasteiger partial charge >= 0.3 is 0 Å². The molecular formula is C6H9NO2. The zero-order valence-corrected chi connectivity index (χ0v) is 5.47. The summed E-state index contributed by atoms with van der Waals surface area (Å²) < 4.78 is 0. The summed E-state index contributed by atoms with van der Waals surface area (Å²) >= 11 is 0. The van der Waals surface area contributed by atoms with Gasteiger partial charge in [0.2, 0.25) is 11.8 Å². The number of hydrogen-bond donors (Lipinski definition) is 1. The molecule has 1 rings (SSSR count). The van der Waals surface area contributed by atoms with Crippen LogP contribution in [0, 0.1) is 11.8 Å². The third-order valence-electron chi connectivity index (χ3n) is 1.82. The Kier molecular flexibility index (Phi) is 1.27. The molecule has 1 aliphatic heterocycles. The van der Waals surface area contributed by atoms with Crippen molar-refractivity contribution in [2.75, 3.05) is 0 Å². The summed E-state index contributed by atoms with van der Waals surface area (Å²) in [6.07, 6.45) is 0. The van der Waals surface area contributed by atoms with E-state index < -0.39 is 0 Å². The normalized spacial score (nSPS) is 34.9. The molecule has 1 heterocycles. The minimum atomic E-state index is -0.146. The van der Waals surface area contributed by atoms with E-state index in [1.54, 1.807) is 13.8 Å². The highest BCUT2D eigenvalue weighted by Gasteiger charge is 2.34. The number of hydrogen-bond acceptors (Lipinski definition) is 2. The van der Waals surface area contributed by atoms with Crippen molar-refractivity contribution in [3.05, 3.63) is 0 Å². The molecule has 0 radical (unpaired) electrons. The van der Waals surface area contributed by atoms with E-state index in [4.69, 9.17) is 0 Å². The van der Waals surface area contributed by atoms with Crippen LogP contribution in [0.1, 0.15) is 13.8 Å². The average Bonchev–Trinajstić information content (AvgIpc) is 1.98. The fourth-order valence-corrected chi connectivity index (χ4v) is 0.803. The summed E-state index contributed by atoms with van der Waals surface area (Å²) in [6, 6.07) is 0. The molecule has 9 heavy (non-hydrogen) atoms. The highest BCUT2D eigenvalue weighted by Crippen LogP contribution is 2.16. The molecular weight excluding hydrogens is 118 g/mol. The van der Waals surface area contributed by atoms with Crippen molar-refractivity contribution in [2.24, 2.45) is 11.8 Å². The molecule has 3 nitrogen and oxygen atoms in total. The van der Waals surface area contributed by atoms with Gasteiger partial charge in [-0.3, -0.25) is 14.9 Å². The number of rotatable bonds is 0. The zero-order chi connectivity index (χ0) is 7.02. The van der Waals surface area contributed by atoms with Gasteiger partial charge in [-0.05, 0) is 0 Å². The van der Waals surface area contributed by atoms with Crippen LogP contribution in [0.15, 0.2) is 0 Å². The second kappa shape index (κ2) is 1.83. The van der Waals surface area contributed by atoms with E-state index in [-0.39, 0.29) is 23.7 Å². The van der Waals surface area contributed by atoms with Crippen molar-refractivity contribution < 1.29 is 9.59 Å². The van der Waals surface area contributed by atoms with E-state index in [1.807, 2.05) is 0 Å². The smallest absolute Gasteiger partial charge is 0.230 e. The van der Waals surface area contributed by atoms with Crippen LogP contribution in [0.3, 0.4) is 0 Å². The van der Waals surface area contributed by atoms with Crippen LogP contribution in [0.5, 0.6) is 0 Å². The Balaban J connectivity index is 2.77. The standard InChI is InChI=1S/C6H9NO2/c1-3-4(2)6(9)7-5(3)8/h3-4H,1-2H3,(H,7,8,9)/t3-,4-/m0/s1. The molecule has 0 bridgehead atoms. The summed E-state index contributed by atoms with van der Waals surface area (Å²) in [5.41, 5.74) is 0. The summed E-state index contributed by atoms with van der Waals surface area (Å²) in [5.74, 6) is -0.574. The first-order valence-corrected chi connectivity index (χ1v) is 2.97. The Morgan fingerprint density at radius 2 is 1.44 bits per heavy atom. The van der Waals surface area contributed by atoms with Crippen LogP contribution in [0.25, 0.3) is 0 Å². The number of carbonyl (C=O) groups is 2. The SMILES string of the molecule is C[C@@H]1C(=O)NC(=O)[C@H]1C.